The highest BCUT2D eigenvalue weighted by atomic mass is 35.5. The summed E-state index contributed by atoms with van der Waals surface area (Å²) in [4.78, 5) is 11.8. The quantitative estimate of drug-likeness (QED) is 0.700. The van der Waals surface area contributed by atoms with Crippen LogP contribution in [-0.4, -0.2) is 21.1 Å². The molecule has 2 aromatic rings. The molecule has 1 heterocycles. The van der Waals surface area contributed by atoms with Gasteiger partial charge < -0.3 is 0 Å². The number of halogens is 1. The van der Waals surface area contributed by atoms with E-state index < -0.39 is 0 Å². The fourth-order valence-electron chi connectivity index (χ4n) is 1.44. The topological polar surface area (TPSA) is 63.0 Å². The smallest absolute Gasteiger partial charge is 0.265 e. The van der Waals surface area contributed by atoms with Crippen molar-refractivity contribution in [2.24, 2.45) is 5.10 Å². The Morgan fingerprint density at radius 3 is 2.85 bits per heavy atom. The van der Waals surface area contributed by atoms with E-state index in [1.165, 1.54) is 6.21 Å². The molecule has 0 unspecified atom stereocenters. The molecule has 0 aliphatic rings. The first-order valence-electron chi connectivity index (χ1n) is 5.73. The summed E-state index contributed by atoms with van der Waals surface area (Å²) in [5, 5.41) is 10.6. The van der Waals surface area contributed by atoms with Crippen LogP contribution in [0.5, 0.6) is 0 Å². The number of aryl methyl sites for hydroxylation is 1. The van der Waals surface area contributed by atoms with Gasteiger partial charge in [-0.05, 0) is 30.8 Å². The lowest BCUT2D eigenvalue weighted by atomic mass is 10.2. The van der Waals surface area contributed by atoms with Crippen LogP contribution in [0.3, 0.4) is 0 Å². The van der Waals surface area contributed by atoms with Crippen LogP contribution in [0.25, 0.3) is 6.08 Å². The molecule has 102 valence electrons. The zero-order chi connectivity index (χ0) is 14.5. The monoisotopic (exact) mass is 306 g/mol. The van der Waals surface area contributed by atoms with Crippen molar-refractivity contribution in [1.82, 2.24) is 14.9 Å². The van der Waals surface area contributed by atoms with E-state index in [1.807, 2.05) is 30.3 Å². The van der Waals surface area contributed by atoms with Crippen molar-refractivity contribution in [2.45, 2.75) is 6.92 Å². The van der Waals surface area contributed by atoms with Crippen LogP contribution in [-0.2, 0) is 0 Å². The Hall–Kier alpha value is -2.05. The minimum absolute atomic E-state index is 0.112. The minimum Gasteiger partial charge on any atom is -0.265 e. The predicted octanol–water partition coefficient (Wildman–Crippen LogP) is 2.72. The molecule has 0 radical (unpaired) electrons. The fraction of sp³-hybridized carbons (Fsp3) is 0.0769. The van der Waals surface area contributed by atoms with E-state index in [0.717, 1.165) is 10.2 Å². The van der Waals surface area contributed by atoms with Gasteiger partial charge in [0.1, 0.15) is 5.69 Å². The van der Waals surface area contributed by atoms with Gasteiger partial charge in [0.15, 0.2) is 0 Å². The Bertz CT molecular complexity index is 777. The Morgan fingerprint density at radius 1 is 1.45 bits per heavy atom. The Kier molecular flexibility index (Phi) is 4.60. The maximum absolute atomic E-state index is 11.8. The number of aromatic nitrogens is 3. The van der Waals surface area contributed by atoms with Crippen LogP contribution in [0.1, 0.15) is 11.3 Å². The van der Waals surface area contributed by atoms with Crippen LogP contribution in [0, 0.1) is 11.7 Å². The van der Waals surface area contributed by atoms with Gasteiger partial charge >= 0.3 is 0 Å². The van der Waals surface area contributed by atoms with Crippen molar-refractivity contribution in [3.63, 3.8) is 0 Å². The average Bonchev–Trinajstić information content (AvgIpc) is 2.44. The Balaban J connectivity index is 2.31. The highest BCUT2D eigenvalue weighted by Gasteiger charge is 2.00. The van der Waals surface area contributed by atoms with Crippen LogP contribution >= 0.6 is 23.8 Å². The normalized spacial score (nSPS) is 12.0. The van der Waals surface area contributed by atoms with Gasteiger partial charge in [0.2, 0.25) is 4.77 Å². The highest BCUT2D eigenvalue weighted by Crippen LogP contribution is 2.08. The fourth-order valence-corrected chi connectivity index (χ4v) is 1.78. The number of aromatic amines is 1. The predicted molar refractivity (Wildman–Crippen MR) is 82.6 cm³/mol. The summed E-state index contributed by atoms with van der Waals surface area (Å²) in [6.07, 6.45) is 3.09. The second-order valence-electron chi connectivity index (χ2n) is 3.92. The van der Waals surface area contributed by atoms with Gasteiger partial charge in [-0.2, -0.15) is 14.9 Å². The lowest BCUT2D eigenvalue weighted by Crippen LogP contribution is -2.22. The summed E-state index contributed by atoms with van der Waals surface area (Å²) in [5.74, 6) is 0. The largest absolute Gasteiger partial charge is 0.296 e. The van der Waals surface area contributed by atoms with Gasteiger partial charge in [-0.3, -0.25) is 9.89 Å². The maximum Gasteiger partial charge on any atom is 0.296 e. The molecule has 5 nitrogen and oxygen atoms in total. The molecular formula is C13H11ClN4OS. The third-order valence-electron chi connectivity index (χ3n) is 2.41. The SMILES string of the molecule is Cc1n[nH]c(=S)n(/N=C\C(Cl)=C\c2ccccc2)c1=O. The van der Waals surface area contributed by atoms with Gasteiger partial charge in [0.05, 0.1) is 11.2 Å². The third kappa shape index (κ3) is 3.49. The number of H-pyrrole nitrogens is 1. The van der Waals surface area contributed by atoms with Gasteiger partial charge in [-0.1, -0.05) is 41.9 Å². The highest BCUT2D eigenvalue weighted by molar-refractivity contribution is 7.71. The number of allylic oxidation sites excluding steroid dienone is 1. The molecule has 1 aromatic carbocycles. The van der Waals surface area contributed by atoms with E-state index in [2.05, 4.69) is 15.3 Å². The zero-order valence-electron chi connectivity index (χ0n) is 10.6. The average molecular weight is 307 g/mol. The molecule has 0 aliphatic heterocycles. The Morgan fingerprint density at radius 2 is 2.15 bits per heavy atom. The molecule has 0 spiro atoms. The summed E-state index contributed by atoms with van der Waals surface area (Å²) >= 11 is 11.0. The van der Waals surface area contributed by atoms with Crippen molar-refractivity contribution in [3.8, 4) is 0 Å². The number of rotatable bonds is 3. The molecule has 0 fully saturated rings. The van der Waals surface area contributed by atoms with E-state index in [0.29, 0.717) is 5.03 Å². The molecule has 7 heteroatoms. The van der Waals surface area contributed by atoms with Crippen LogP contribution in [0.2, 0.25) is 0 Å². The molecule has 0 aliphatic carbocycles. The van der Waals surface area contributed by atoms with Gasteiger partial charge in [-0.25, -0.2) is 0 Å². The number of nitrogens with zero attached hydrogens (tertiary/aromatic N) is 3. The standard InChI is InChI=1S/C13H11ClN4OS/c1-9-12(19)18(13(20)17-16-9)15-8-11(14)7-10-5-3-2-4-6-10/h2-8H,1H3,(H,17,20)/b11-7-,15-8-. The molecule has 0 saturated heterocycles. The van der Waals surface area contributed by atoms with Gasteiger partial charge in [0.25, 0.3) is 5.56 Å². The molecule has 0 bridgehead atoms. The minimum atomic E-state index is -0.380. The molecule has 2 rings (SSSR count). The van der Waals surface area contributed by atoms with Crippen molar-refractivity contribution < 1.29 is 0 Å². The third-order valence-corrected chi connectivity index (χ3v) is 2.89. The first-order valence-corrected chi connectivity index (χ1v) is 6.51. The van der Waals surface area contributed by atoms with E-state index >= 15 is 0 Å². The molecule has 20 heavy (non-hydrogen) atoms. The second kappa shape index (κ2) is 6.40. The zero-order valence-corrected chi connectivity index (χ0v) is 12.1. The van der Waals surface area contributed by atoms with Gasteiger partial charge in [0, 0.05) is 0 Å². The van der Waals surface area contributed by atoms with Crippen molar-refractivity contribution in [3.05, 3.63) is 61.7 Å². The molecule has 1 N–H and O–H groups in total. The summed E-state index contributed by atoms with van der Waals surface area (Å²) in [7, 11) is 0. The lowest BCUT2D eigenvalue weighted by Gasteiger charge is -1.98. The summed E-state index contributed by atoms with van der Waals surface area (Å²) in [5.41, 5.74) is 0.834. The molecule has 1 aromatic heterocycles. The Labute approximate surface area is 125 Å². The second-order valence-corrected chi connectivity index (χ2v) is 4.74. The molecule has 0 atom stereocenters. The van der Waals surface area contributed by atoms with Crippen LogP contribution in [0.4, 0.5) is 0 Å². The lowest BCUT2D eigenvalue weighted by molar-refractivity contribution is 0.721. The van der Waals surface area contributed by atoms with E-state index in [1.54, 1.807) is 13.0 Å². The van der Waals surface area contributed by atoms with E-state index in [9.17, 15) is 4.79 Å². The first-order chi connectivity index (χ1) is 9.58. The van der Waals surface area contributed by atoms with Crippen molar-refractivity contribution in [1.29, 1.82) is 0 Å². The van der Waals surface area contributed by atoms with E-state index in [-0.39, 0.29) is 16.0 Å². The summed E-state index contributed by atoms with van der Waals surface area (Å²) < 4.78 is 1.15. The van der Waals surface area contributed by atoms with E-state index in [4.69, 9.17) is 23.8 Å². The number of nitrogens with one attached hydrogen (secondary N) is 1. The number of hydrogen-bond donors (Lipinski definition) is 1. The molecule has 0 saturated carbocycles. The van der Waals surface area contributed by atoms with Gasteiger partial charge in [-0.15, -0.1) is 0 Å². The summed E-state index contributed by atoms with van der Waals surface area (Å²) in [6, 6.07) is 9.54. The first kappa shape index (κ1) is 14.4. The summed E-state index contributed by atoms with van der Waals surface area (Å²) in [6.45, 7) is 1.57. The number of hydrogen-bond acceptors (Lipinski definition) is 4. The molecular weight excluding hydrogens is 296 g/mol. The van der Waals surface area contributed by atoms with Crippen LogP contribution in [0.15, 0.2) is 45.3 Å². The van der Waals surface area contributed by atoms with Crippen LogP contribution < -0.4 is 5.56 Å². The molecule has 0 amide bonds. The maximum atomic E-state index is 11.8. The van der Waals surface area contributed by atoms with Crippen molar-refractivity contribution in [2.75, 3.05) is 0 Å². The number of benzene rings is 1. The van der Waals surface area contributed by atoms with Crippen molar-refractivity contribution >= 4 is 36.1 Å².